The molecule has 0 amide bonds. The molecule has 3 unspecified atom stereocenters. The van der Waals surface area contributed by atoms with Crippen LogP contribution in [-0.2, 0) is 0 Å². The number of nitrogen functional groups attached to an aromatic ring is 1. The standard InChI is InChI=1S/C15H21FN2O2/c1-8-3-4-13(9(2)5-8)18-14-6-10(15(19)20)12(17)7-11(14)16/h6-9,13,18H,3-5,17H2,1-2H3,(H,19,20). The molecule has 2 rings (SSSR count). The number of anilines is 2. The van der Waals surface area contributed by atoms with Gasteiger partial charge in [-0.25, -0.2) is 9.18 Å². The normalized spacial score (nSPS) is 26.2. The molecule has 5 heteroatoms. The van der Waals surface area contributed by atoms with Gasteiger partial charge in [-0.05, 0) is 43.2 Å². The first-order valence-electron chi connectivity index (χ1n) is 6.97. The number of hydrogen-bond acceptors (Lipinski definition) is 3. The SMILES string of the molecule is CC1CCC(Nc2cc(C(=O)O)c(N)cc2F)C(C)C1. The summed E-state index contributed by atoms with van der Waals surface area (Å²) in [5, 5.41) is 12.2. The zero-order valence-corrected chi connectivity index (χ0v) is 11.8. The number of benzene rings is 1. The molecule has 110 valence electrons. The zero-order chi connectivity index (χ0) is 14.9. The summed E-state index contributed by atoms with van der Waals surface area (Å²) in [7, 11) is 0. The summed E-state index contributed by atoms with van der Waals surface area (Å²) in [6.45, 7) is 4.36. The lowest BCUT2D eigenvalue weighted by Crippen LogP contribution is -2.33. The van der Waals surface area contributed by atoms with Gasteiger partial charge in [-0.15, -0.1) is 0 Å². The van der Waals surface area contributed by atoms with E-state index in [4.69, 9.17) is 10.8 Å². The molecule has 0 aromatic heterocycles. The summed E-state index contributed by atoms with van der Waals surface area (Å²) < 4.78 is 13.9. The van der Waals surface area contributed by atoms with Crippen molar-refractivity contribution in [2.24, 2.45) is 11.8 Å². The number of carboxylic acids is 1. The third-order valence-corrected chi connectivity index (χ3v) is 4.14. The van der Waals surface area contributed by atoms with Crippen molar-refractivity contribution in [3.63, 3.8) is 0 Å². The minimum atomic E-state index is -1.14. The average molecular weight is 280 g/mol. The van der Waals surface area contributed by atoms with Crippen LogP contribution in [0, 0.1) is 17.7 Å². The Kier molecular flexibility index (Phi) is 4.16. The fourth-order valence-electron chi connectivity index (χ4n) is 2.96. The molecule has 0 spiro atoms. The highest BCUT2D eigenvalue weighted by Gasteiger charge is 2.26. The van der Waals surface area contributed by atoms with E-state index in [2.05, 4.69) is 19.2 Å². The summed E-state index contributed by atoms with van der Waals surface area (Å²) in [6.07, 6.45) is 3.17. The number of nitrogens with one attached hydrogen (secondary N) is 1. The Morgan fingerprint density at radius 2 is 2.10 bits per heavy atom. The lowest BCUT2D eigenvalue weighted by atomic mass is 9.80. The van der Waals surface area contributed by atoms with Crippen molar-refractivity contribution in [3.05, 3.63) is 23.5 Å². The van der Waals surface area contributed by atoms with Crippen LogP contribution < -0.4 is 11.1 Å². The third-order valence-electron chi connectivity index (χ3n) is 4.14. The summed E-state index contributed by atoms with van der Waals surface area (Å²) in [5.41, 5.74) is 5.63. The maximum absolute atomic E-state index is 13.9. The van der Waals surface area contributed by atoms with Crippen molar-refractivity contribution in [1.82, 2.24) is 0 Å². The van der Waals surface area contributed by atoms with Gasteiger partial charge < -0.3 is 16.2 Å². The first-order valence-corrected chi connectivity index (χ1v) is 6.97. The number of hydrogen-bond donors (Lipinski definition) is 3. The topological polar surface area (TPSA) is 75.3 Å². The molecule has 4 N–H and O–H groups in total. The van der Waals surface area contributed by atoms with Gasteiger partial charge in [-0.3, -0.25) is 0 Å². The summed E-state index contributed by atoms with van der Waals surface area (Å²) in [4.78, 5) is 11.1. The Balaban J connectivity index is 2.21. The Morgan fingerprint density at radius 1 is 1.40 bits per heavy atom. The second-order valence-electron chi connectivity index (χ2n) is 5.87. The van der Waals surface area contributed by atoms with Crippen LogP contribution in [0.3, 0.4) is 0 Å². The molecule has 1 fully saturated rings. The number of nitrogens with two attached hydrogens (primary N) is 1. The summed E-state index contributed by atoms with van der Waals surface area (Å²) in [5.74, 6) is -0.521. The number of carboxylic acid groups (broad SMARTS) is 1. The molecule has 0 heterocycles. The molecule has 1 aliphatic rings. The van der Waals surface area contributed by atoms with Crippen molar-refractivity contribution in [2.45, 2.75) is 39.2 Å². The van der Waals surface area contributed by atoms with Crippen molar-refractivity contribution >= 4 is 17.3 Å². The molecule has 1 saturated carbocycles. The van der Waals surface area contributed by atoms with Gasteiger partial charge in [-0.2, -0.15) is 0 Å². The largest absolute Gasteiger partial charge is 0.478 e. The van der Waals surface area contributed by atoms with E-state index in [1.165, 1.54) is 6.07 Å². The van der Waals surface area contributed by atoms with Gasteiger partial charge in [0, 0.05) is 11.7 Å². The third kappa shape index (κ3) is 3.03. The number of carbonyl (C=O) groups is 1. The van der Waals surface area contributed by atoms with Gasteiger partial charge in [0.05, 0.1) is 11.3 Å². The van der Waals surface area contributed by atoms with Crippen LogP contribution in [0.4, 0.5) is 15.8 Å². The van der Waals surface area contributed by atoms with Crippen molar-refractivity contribution in [2.75, 3.05) is 11.1 Å². The maximum atomic E-state index is 13.9. The van der Waals surface area contributed by atoms with E-state index in [9.17, 15) is 9.18 Å². The molecule has 1 aromatic rings. The van der Waals surface area contributed by atoms with Crippen LogP contribution in [0.1, 0.15) is 43.5 Å². The highest BCUT2D eigenvalue weighted by molar-refractivity contribution is 5.94. The Bertz CT molecular complexity index is 519. The van der Waals surface area contributed by atoms with Crippen molar-refractivity contribution < 1.29 is 14.3 Å². The van der Waals surface area contributed by atoms with Crippen molar-refractivity contribution in [3.8, 4) is 0 Å². The first kappa shape index (κ1) is 14.6. The highest BCUT2D eigenvalue weighted by Crippen LogP contribution is 2.32. The Labute approximate surface area is 118 Å². The highest BCUT2D eigenvalue weighted by atomic mass is 19.1. The van der Waals surface area contributed by atoms with E-state index in [0.717, 1.165) is 25.3 Å². The Hall–Kier alpha value is -1.78. The van der Waals surface area contributed by atoms with Gasteiger partial charge in [0.25, 0.3) is 0 Å². The van der Waals surface area contributed by atoms with E-state index < -0.39 is 11.8 Å². The van der Waals surface area contributed by atoms with E-state index >= 15 is 0 Å². The molecule has 20 heavy (non-hydrogen) atoms. The molecule has 4 nitrogen and oxygen atoms in total. The maximum Gasteiger partial charge on any atom is 0.337 e. The minimum absolute atomic E-state index is 0.0501. The van der Waals surface area contributed by atoms with Crippen molar-refractivity contribution in [1.29, 1.82) is 0 Å². The molecular weight excluding hydrogens is 259 g/mol. The Morgan fingerprint density at radius 3 is 2.70 bits per heavy atom. The lowest BCUT2D eigenvalue weighted by Gasteiger charge is -2.34. The quantitative estimate of drug-likeness (QED) is 0.742. The van der Waals surface area contributed by atoms with Crippen LogP contribution in [0.2, 0.25) is 0 Å². The predicted molar refractivity (Wildman–Crippen MR) is 77.4 cm³/mol. The molecule has 0 aliphatic heterocycles. The second-order valence-corrected chi connectivity index (χ2v) is 5.87. The van der Waals surface area contributed by atoms with E-state index in [-0.39, 0.29) is 23.0 Å². The number of aromatic carboxylic acids is 1. The van der Waals surface area contributed by atoms with Crippen LogP contribution >= 0.6 is 0 Å². The van der Waals surface area contributed by atoms with Gasteiger partial charge in [-0.1, -0.05) is 13.8 Å². The molecule has 0 radical (unpaired) electrons. The summed E-state index contributed by atoms with van der Waals surface area (Å²) >= 11 is 0. The molecule has 0 bridgehead atoms. The fourth-order valence-corrected chi connectivity index (χ4v) is 2.96. The van der Waals surface area contributed by atoms with Gasteiger partial charge in [0.15, 0.2) is 0 Å². The van der Waals surface area contributed by atoms with E-state index in [1.807, 2.05) is 0 Å². The van der Waals surface area contributed by atoms with Crippen LogP contribution in [-0.4, -0.2) is 17.1 Å². The lowest BCUT2D eigenvalue weighted by molar-refractivity contribution is 0.0698. The van der Waals surface area contributed by atoms with Crippen LogP contribution in [0.25, 0.3) is 0 Å². The van der Waals surface area contributed by atoms with E-state index in [0.29, 0.717) is 11.8 Å². The van der Waals surface area contributed by atoms with Crippen LogP contribution in [0.15, 0.2) is 12.1 Å². The number of halogens is 1. The van der Waals surface area contributed by atoms with E-state index in [1.54, 1.807) is 0 Å². The van der Waals surface area contributed by atoms with Gasteiger partial charge in [0.2, 0.25) is 0 Å². The molecule has 1 aromatic carbocycles. The molecule has 3 atom stereocenters. The second kappa shape index (κ2) is 5.69. The summed E-state index contributed by atoms with van der Waals surface area (Å²) in [6, 6.07) is 2.53. The van der Waals surface area contributed by atoms with Gasteiger partial charge in [0.1, 0.15) is 5.82 Å². The number of rotatable bonds is 3. The monoisotopic (exact) mass is 280 g/mol. The predicted octanol–water partition coefficient (Wildman–Crippen LogP) is 3.34. The minimum Gasteiger partial charge on any atom is -0.478 e. The van der Waals surface area contributed by atoms with Crippen LogP contribution in [0.5, 0.6) is 0 Å². The molecule has 1 aliphatic carbocycles. The average Bonchev–Trinajstić information content (AvgIpc) is 2.35. The molecular formula is C15H21FN2O2. The van der Waals surface area contributed by atoms with Gasteiger partial charge >= 0.3 is 5.97 Å². The molecule has 0 saturated heterocycles. The first-order chi connectivity index (χ1) is 9.38. The zero-order valence-electron chi connectivity index (χ0n) is 11.8. The smallest absolute Gasteiger partial charge is 0.337 e. The fraction of sp³-hybridized carbons (Fsp3) is 0.533.